The van der Waals surface area contributed by atoms with Gasteiger partial charge >= 0.3 is 6.18 Å². The van der Waals surface area contributed by atoms with Crippen molar-refractivity contribution in [2.24, 2.45) is 5.92 Å². The average Bonchev–Trinajstić information content (AvgIpc) is 2.88. The molecule has 5 nitrogen and oxygen atoms in total. The first kappa shape index (κ1) is 19.5. The number of nitrogens with one attached hydrogen (secondary N) is 1. The van der Waals surface area contributed by atoms with Crippen molar-refractivity contribution in [3.8, 4) is 0 Å². The van der Waals surface area contributed by atoms with Gasteiger partial charge in [-0.05, 0) is 32.3 Å². The van der Waals surface area contributed by atoms with E-state index >= 15 is 0 Å². The predicted octanol–water partition coefficient (Wildman–Crippen LogP) is 2.39. The molecule has 0 spiro atoms. The second kappa shape index (κ2) is 7.61. The van der Waals surface area contributed by atoms with Crippen LogP contribution in [0.1, 0.15) is 12.0 Å². The lowest BCUT2D eigenvalue weighted by Gasteiger charge is -2.22. The van der Waals surface area contributed by atoms with Crippen LogP contribution in [0.3, 0.4) is 0 Å². The summed E-state index contributed by atoms with van der Waals surface area (Å²) in [5.41, 5.74) is -1.26. The molecule has 1 aromatic rings. The summed E-state index contributed by atoms with van der Waals surface area (Å²) in [6, 6.07) is 3.24. The van der Waals surface area contributed by atoms with Gasteiger partial charge in [-0.2, -0.15) is 13.2 Å². The standard InChI is InChI=1S/C16H19ClF3N3O2/c1-22(2)6-5-21-15(25)10-7-14(24)23(9-10)13-4-3-11(17)8-12(13)16(18,19)20/h3-4,8,10H,5-7,9H2,1-2H3,(H,21,25). The van der Waals surface area contributed by atoms with Gasteiger partial charge in [0.15, 0.2) is 0 Å². The molecule has 0 aromatic heterocycles. The van der Waals surface area contributed by atoms with Gasteiger partial charge in [-0.25, -0.2) is 0 Å². The van der Waals surface area contributed by atoms with E-state index in [-0.39, 0.29) is 29.6 Å². The zero-order valence-electron chi connectivity index (χ0n) is 13.9. The highest BCUT2D eigenvalue weighted by Gasteiger charge is 2.41. The fourth-order valence-corrected chi connectivity index (χ4v) is 2.81. The lowest BCUT2D eigenvalue weighted by atomic mass is 10.1. The predicted molar refractivity (Wildman–Crippen MR) is 88.5 cm³/mol. The van der Waals surface area contributed by atoms with Gasteiger partial charge in [-0.15, -0.1) is 0 Å². The first-order chi connectivity index (χ1) is 11.6. The van der Waals surface area contributed by atoms with Crippen LogP contribution in [0.15, 0.2) is 18.2 Å². The van der Waals surface area contributed by atoms with Crippen molar-refractivity contribution < 1.29 is 22.8 Å². The Morgan fingerprint density at radius 3 is 2.68 bits per heavy atom. The highest BCUT2D eigenvalue weighted by atomic mass is 35.5. The number of hydrogen-bond donors (Lipinski definition) is 1. The molecule has 1 fully saturated rings. The molecule has 0 aliphatic carbocycles. The van der Waals surface area contributed by atoms with Crippen LogP contribution in [0, 0.1) is 5.92 Å². The topological polar surface area (TPSA) is 52.7 Å². The quantitative estimate of drug-likeness (QED) is 0.857. The van der Waals surface area contributed by atoms with Gasteiger partial charge in [0.2, 0.25) is 11.8 Å². The van der Waals surface area contributed by atoms with Crippen LogP contribution in [-0.4, -0.2) is 50.4 Å². The third-order valence-corrected chi connectivity index (χ3v) is 4.14. The highest BCUT2D eigenvalue weighted by Crippen LogP contribution is 2.40. The van der Waals surface area contributed by atoms with Crippen LogP contribution in [-0.2, 0) is 15.8 Å². The van der Waals surface area contributed by atoms with Gasteiger partial charge in [-0.3, -0.25) is 9.59 Å². The van der Waals surface area contributed by atoms with Crippen molar-refractivity contribution in [2.75, 3.05) is 38.6 Å². The third-order valence-electron chi connectivity index (χ3n) is 3.91. The number of halogens is 4. The molecule has 1 heterocycles. The molecular formula is C16H19ClF3N3O2. The van der Waals surface area contributed by atoms with E-state index in [0.29, 0.717) is 13.1 Å². The summed E-state index contributed by atoms with van der Waals surface area (Å²) >= 11 is 5.66. The molecular weight excluding hydrogens is 359 g/mol. The normalized spacial score (nSPS) is 18.1. The Kier molecular flexibility index (Phi) is 5.95. The molecule has 1 aliphatic heterocycles. The smallest absolute Gasteiger partial charge is 0.355 e. The SMILES string of the molecule is CN(C)CCNC(=O)C1CC(=O)N(c2ccc(Cl)cc2C(F)(F)F)C1. The van der Waals surface area contributed by atoms with Gasteiger partial charge in [0.05, 0.1) is 17.2 Å². The number of benzene rings is 1. The maximum atomic E-state index is 13.2. The van der Waals surface area contributed by atoms with Crippen LogP contribution in [0.2, 0.25) is 5.02 Å². The minimum Gasteiger partial charge on any atom is -0.355 e. The molecule has 2 rings (SSSR count). The van der Waals surface area contributed by atoms with Crippen LogP contribution in [0.5, 0.6) is 0 Å². The van der Waals surface area contributed by atoms with E-state index in [1.165, 1.54) is 6.07 Å². The summed E-state index contributed by atoms with van der Waals surface area (Å²) in [7, 11) is 3.71. The summed E-state index contributed by atoms with van der Waals surface area (Å²) < 4.78 is 39.7. The maximum absolute atomic E-state index is 13.2. The first-order valence-corrected chi connectivity index (χ1v) is 8.07. The van der Waals surface area contributed by atoms with E-state index in [2.05, 4.69) is 5.32 Å². The van der Waals surface area contributed by atoms with Crippen molar-refractivity contribution in [3.05, 3.63) is 28.8 Å². The molecule has 0 bridgehead atoms. The lowest BCUT2D eigenvalue weighted by molar-refractivity contribution is -0.137. The Hall–Kier alpha value is -1.80. The molecule has 2 amide bonds. The van der Waals surface area contributed by atoms with Crippen LogP contribution >= 0.6 is 11.6 Å². The fraction of sp³-hybridized carbons (Fsp3) is 0.500. The Bertz CT molecular complexity index is 665. The summed E-state index contributed by atoms with van der Waals surface area (Å²) in [6.45, 7) is 0.953. The summed E-state index contributed by atoms with van der Waals surface area (Å²) in [4.78, 5) is 27.2. The monoisotopic (exact) mass is 377 g/mol. The third kappa shape index (κ3) is 4.85. The van der Waals surface area contributed by atoms with Gasteiger partial charge < -0.3 is 15.1 Å². The number of alkyl halides is 3. The average molecular weight is 378 g/mol. The minimum absolute atomic E-state index is 0.0688. The number of carbonyl (C=O) groups is 2. The molecule has 1 aromatic carbocycles. The van der Waals surface area contributed by atoms with E-state index in [0.717, 1.165) is 17.0 Å². The molecule has 25 heavy (non-hydrogen) atoms. The Morgan fingerprint density at radius 2 is 2.08 bits per heavy atom. The molecule has 0 radical (unpaired) electrons. The molecule has 0 saturated carbocycles. The van der Waals surface area contributed by atoms with E-state index in [1.54, 1.807) is 0 Å². The summed E-state index contributed by atoms with van der Waals surface area (Å²) in [5.74, 6) is -1.52. The van der Waals surface area contributed by atoms with Crippen molar-refractivity contribution in [2.45, 2.75) is 12.6 Å². The Labute approximate surface area is 148 Å². The number of carbonyl (C=O) groups excluding carboxylic acids is 2. The van der Waals surface area contributed by atoms with E-state index in [9.17, 15) is 22.8 Å². The highest BCUT2D eigenvalue weighted by molar-refractivity contribution is 6.30. The second-order valence-electron chi connectivity index (χ2n) is 6.16. The van der Waals surface area contributed by atoms with E-state index < -0.39 is 23.6 Å². The zero-order valence-corrected chi connectivity index (χ0v) is 14.6. The van der Waals surface area contributed by atoms with Gasteiger partial charge in [0.25, 0.3) is 0 Å². The van der Waals surface area contributed by atoms with Gasteiger partial charge in [-0.1, -0.05) is 11.6 Å². The summed E-state index contributed by atoms with van der Waals surface area (Å²) in [5, 5.41) is 2.63. The molecule has 1 unspecified atom stereocenters. The molecule has 138 valence electrons. The maximum Gasteiger partial charge on any atom is 0.418 e. The molecule has 1 saturated heterocycles. The number of anilines is 1. The minimum atomic E-state index is -4.65. The van der Waals surface area contributed by atoms with Crippen LogP contribution in [0.25, 0.3) is 0 Å². The second-order valence-corrected chi connectivity index (χ2v) is 6.60. The summed E-state index contributed by atoms with van der Waals surface area (Å²) in [6.07, 6.45) is -4.76. The molecule has 1 aliphatic rings. The number of nitrogens with zero attached hydrogens (tertiary/aromatic N) is 2. The zero-order chi connectivity index (χ0) is 18.8. The van der Waals surface area contributed by atoms with Crippen molar-refractivity contribution in [1.82, 2.24) is 10.2 Å². The Morgan fingerprint density at radius 1 is 1.40 bits per heavy atom. The van der Waals surface area contributed by atoms with E-state index in [1.807, 2.05) is 19.0 Å². The number of hydrogen-bond acceptors (Lipinski definition) is 3. The molecule has 1 N–H and O–H groups in total. The van der Waals surface area contributed by atoms with Crippen molar-refractivity contribution >= 4 is 29.1 Å². The van der Waals surface area contributed by atoms with Crippen molar-refractivity contribution in [1.29, 1.82) is 0 Å². The van der Waals surface area contributed by atoms with Gasteiger partial charge in [0, 0.05) is 31.1 Å². The van der Waals surface area contributed by atoms with Gasteiger partial charge in [0.1, 0.15) is 0 Å². The fourth-order valence-electron chi connectivity index (χ4n) is 2.63. The first-order valence-electron chi connectivity index (χ1n) is 7.69. The Balaban J connectivity index is 2.15. The van der Waals surface area contributed by atoms with E-state index in [4.69, 9.17) is 11.6 Å². The molecule has 1 atom stereocenters. The van der Waals surface area contributed by atoms with Crippen LogP contribution in [0.4, 0.5) is 18.9 Å². The number of amides is 2. The van der Waals surface area contributed by atoms with Crippen molar-refractivity contribution in [3.63, 3.8) is 0 Å². The van der Waals surface area contributed by atoms with Crippen LogP contribution < -0.4 is 10.2 Å². The number of likely N-dealkylation sites (N-methyl/N-ethyl adjacent to an activating group) is 1. The number of rotatable bonds is 5. The molecule has 9 heteroatoms. The lowest BCUT2D eigenvalue weighted by Crippen LogP contribution is -2.37. The largest absolute Gasteiger partial charge is 0.418 e.